The summed E-state index contributed by atoms with van der Waals surface area (Å²) in [6.07, 6.45) is 1.61. The zero-order chi connectivity index (χ0) is 30.6. The predicted octanol–water partition coefficient (Wildman–Crippen LogP) is 6.39. The van der Waals surface area contributed by atoms with Gasteiger partial charge < -0.3 is 20.7 Å². The number of amides is 3. The lowest BCUT2D eigenvalue weighted by Crippen LogP contribution is -2.30. The van der Waals surface area contributed by atoms with Crippen LogP contribution in [0.3, 0.4) is 0 Å². The van der Waals surface area contributed by atoms with E-state index < -0.39 is 23.0 Å². The topological polar surface area (TPSA) is 114 Å². The molecule has 0 saturated carbocycles. The van der Waals surface area contributed by atoms with Crippen LogP contribution in [0.25, 0.3) is 6.08 Å². The molecule has 3 N–H and O–H groups in total. The van der Waals surface area contributed by atoms with E-state index >= 15 is 0 Å². The van der Waals surface area contributed by atoms with Gasteiger partial charge in [-0.15, -0.1) is 11.8 Å². The van der Waals surface area contributed by atoms with Crippen LogP contribution < -0.4 is 16.0 Å². The van der Waals surface area contributed by atoms with E-state index in [0.29, 0.717) is 22.5 Å². The summed E-state index contributed by atoms with van der Waals surface area (Å²) in [6, 6.07) is 31.5. The Labute approximate surface area is 254 Å². The van der Waals surface area contributed by atoms with Crippen LogP contribution in [0.1, 0.15) is 40.1 Å². The van der Waals surface area contributed by atoms with E-state index in [1.54, 1.807) is 86.7 Å². The molecule has 4 aromatic carbocycles. The highest BCUT2D eigenvalue weighted by Gasteiger charge is 2.18. The summed E-state index contributed by atoms with van der Waals surface area (Å²) in [7, 11) is 0. The fourth-order valence-electron chi connectivity index (χ4n) is 3.91. The molecule has 0 spiro atoms. The maximum absolute atomic E-state index is 13.3. The molecule has 0 aliphatic rings. The maximum Gasteiger partial charge on any atom is 0.338 e. The number of carbonyl (C=O) groups excluding carboxylic acids is 4. The molecule has 0 heterocycles. The highest BCUT2D eigenvalue weighted by atomic mass is 32.2. The van der Waals surface area contributed by atoms with Gasteiger partial charge in [0.05, 0.1) is 17.4 Å². The van der Waals surface area contributed by atoms with Gasteiger partial charge in [0.2, 0.25) is 5.91 Å². The number of anilines is 2. The number of hydrogen-bond acceptors (Lipinski definition) is 6. The second kappa shape index (κ2) is 15.2. The Bertz CT molecular complexity index is 1610. The smallest absolute Gasteiger partial charge is 0.338 e. The zero-order valence-corrected chi connectivity index (χ0v) is 24.5. The van der Waals surface area contributed by atoms with Gasteiger partial charge in [0.15, 0.2) is 0 Å². The van der Waals surface area contributed by atoms with Crippen molar-refractivity contribution in [1.29, 1.82) is 0 Å². The van der Waals surface area contributed by atoms with Crippen LogP contribution in [-0.2, 0) is 14.3 Å². The van der Waals surface area contributed by atoms with Gasteiger partial charge in [0.25, 0.3) is 11.8 Å². The number of rotatable bonds is 11. The summed E-state index contributed by atoms with van der Waals surface area (Å²) in [5, 5.41) is 7.96. The quantitative estimate of drug-likeness (QED) is 0.106. The third-order valence-corrected chi connectivity index (χ3v) is 7.17. The van der Waals surface area contributed by atoms with E-state index in [4.69, 9.17) is 4.74 Å². The average Bonchev–Trinajstić information content (AvgIpc) is 3.02. The highest BCUT2D eigenvalue weighted by Crippen LogP contribution is 2.27. The summed E-state index contributed by atoms with van der Waals surface area (Å²) in [6.45, 7) is 3.80. The van der Waals surface area contributed by atoms with Crippen LogP contribution in [0.15, 0.2) is 120 Å². The second-order valence-electron chi connectivity index (χ2n) is 9.32. The predicted molar refractivity (Wildman–Crippen MR) is 170 cm³/mol. The third-order valence-electron chi connectivity index (χ3n) is 6.08. The Morgan fingerprint density at radius 1 is 0.767 bits per heavy atom. The van der Waals surface area contributed by atoms with Crippen LogP contribution >= 0.6 is 11.8 Å². The lowest BCUT2D eigenvalue weighted by molar-refractivity contribution is -0.115. The molecule has 218 valence electrons. The fraction of sp³-hybridized carbons (Fsp3) is 0.118. The standard InChI is InChI=1S/C34H31N3O5S/c1-3-42-34(41)26-17-19-27(20-18-26)35-31(38)23(2)43-29-16-10-15-28(22-29)36-33(40)30(21-24-11-6-4-7-12-24)37-32(39)25-13-8-5-9-14-25/h4-23H,3H2,1-2H3,(H,35,38)(H,36,40)(H,37,39)/b30-21-. The maximum atomic E-state index is 13.3. The monoisotopic (exact) mass is 593 g/mol. The summed E-state index contributed by atoms with van der Waals surface area (Å²) < 4.78 is 4.98. The average molecular weight is 594 g/mol. The van der Waals surface area contributed by atoms with Crippen molar-refractivity contribution < 1.29 is 23.9 Å². The lowest BCUT2D eigenvalue weighted by Gasteiger charge is -2.14. The minimum absolute atomic E-state index is 0.0832. The van der Waals surface area contributed by atoms with Gasteiger partial charge in [-0.2, -0.15) is 0 Å². The lowest BCUT2D eigenvalue weighted by atomic mass is 10.1. The molecule has 1 atom stereocenters. The molecule has 1 unspecified atom stereocenters. The fourth-order valence-corrected chi connectivity index (χ4v) is 4.84. The summed E-state index contributed by atoms with van der Waals surface area (Å²) in [5.41, 5.74) is 2.73. The Kier molecular flexibility index (Phi) is 10.9. The number of benzene rings is 4. The van der Waals surface area contributed by atoms with Crippen molar-refractivity contribution in [2.24, 2.45) is 0 Å². The first-order valence-corrected chi connectivity index (χ1v) is 14.5. The van der Waals surface area contributed by atoms with Crippen molar-refractivity contribution in [1.82, 2.24) is 5.32 Å². The van der Waals surface area contributed by atoms with Crippen molar-refractivity contribution in [2.45, 2.75) is 24.0 Å². The Hall–Kier alpha value is -5.15. The molecule has 4 aromatic rings. The van der Waals surface area contributed by atoms with Crippen molar-refractivity contribution in [2.75, 3.05) is 17.2 Å². The molecule has 8 nitrogen and oxygen atoms in total. The number of ether oxygens (including phenoxy) is 1. The molecule has 0 radical (unpaired) electrons. The van der Waals surface area contributed by atoms with Crippen molar-refractivity contribution in [3.05, 3.63) is 132 Å². The van der Waals surface area contributed by atoms with Gasteiger partial charge in [0, 0.05) is 21.8 Å². The van der Waals surface area contributed by atoms with Crippen molar-refractivity contribution in [3.63, 3.8) is 0 Å². The van der Waals surface area contributed by atoms with Gasteiger partial charge >= 0.3 is 5.97 Å². The van der Waals surface area contributed by atoms with Crippen LogP contribution in [0, 0.1) is 0 Å². The van der Waals surface area contributed by atoms with Gasteiger partial charge in [-0.25, -0.2) is 4.79 Å². The van der Waals surface area contributed by atoms with Crippen LogP contribution in [0.4, 0.5) is 11.4 Å². The van der Waals surface area contributed by atoms with E-state index in [9.17, 15) is 19.2 Å². The highest BCUT2D eigenvalue weighted by molar-refractivity contribution is 8.00. The van der Waals surface area contributed by atoms with Crippen molar-refractivity contribution in [3.8, 4) is 0 Å². The van der Waals surface area contributed by atoms with E-state index in [1.807, 2.05) is 42.5 Å². The molecule has 4 rings (SSSR count). The van der Waals surface area contributed by atoms with Gasteiger partial charge in [-0.3, -0.25) is 14.4 Å². The molecule has 0 aliphatic heterocycles. The van der Waals surface area contributed by atoms with Gasteiger partial charge in [-0.1, -0.05) is 54.6 Å². The molecular weight excluding hydrogens is 562 g/mol. The molecule has 3 amide bonds. The third kappa shape index (κ3) is 9.17. The SMILES string of the molecule is CCOC(=O)c1ccc(NC(=O)C(C)Sc2cccc(NC(=O)/C(=C/c3ccccc3)NC(=O)c3ccccc3)c2)cc1. The summed E-state index contributed by atoms with van der Waals surface area (Å²) in [5.74, 6) is -1.54. The number of thioether (sulfide) groups is 1. The Morgan fingerprint density at radius 2 is 1.44 bits per heavy atom. The summed E-state index contributed by atoms with van der Waals surface area (Å²) in [4.78, 5) is 51.6. The molecule has 0 aromatic heterocycles. The molecule has 0 saturated heterocycles. The van der Waals surface area contributed by atoms with E-state index in [0.717, 1.165) is 10.5 Å². The summed E-state index contributed by atoms with van der Waals surface area (Å²) >= 11 is 1.32. The molecule has 0 fully saturated rings. The number of hydrogen-bond donors (Lipinski definition) is 3. The number of carbonyl (C=O) groups is 4. The molecule has 0 bridgehead atoms. The second-order valence-corrected chi connectivity index (χ2v) is 10.7. The van der Waals surface area contributed by atoms with Crippen molar-refractivity contribution >= 4 is 52.9 Å². The molecule has 43 heavy (non-hydrogen) atoms. The normalized spacial score (nSPS) is 11.6. The first kappa shape index (κ1) is 30.8. The Balaban J connectivity index is 1.41. The van der Waals surface area contributed by atoms with Crippen LogP contribution in [0.2, 0.25) is 0 Å². The van der Waals surface area contributed by atoms with E-state index in [-0.39, 0.29) is 18.2 Å². The zero-order valence-electron chi connectivity index (χ0n) is 23.7. The first-order valence-electron chi connectivity index (χ1n) is 13.6. The van der Waals surface area contributed by atoms with Gasteiger partial charge in [0.1, 0.15) is 5.70 Å². The van der Waals surface area contributed by atoms with Gasteiger partial charge in [-0.05, 0) is 80.1 Å². The molecule has 0 aliphatic carbocycles. The Morgan fingerprint density at radius 3 is 2.12 bits per heavy atom. The van der Waals surface area contributed by atoms with E-state index in [1.165, 1.54) is 11.8 Å². The molecular formula is C34H31N3O5S. The minimum Gasteiger partial charge on any atom is -0.462 e. The first-order chi connectivity index (χ1) is 20.8. The van der Waals surface area contributed by atoms with Crippen LogP contribution in [-0.4, -0.2) is 35.5 Å². The van der Waals surface area contributed by atoms with Crippen LogP contribution in [0.5, 0.6) is 0 Å². The van der Waals surface area contributed by atoms with E-state index in [2.05, 4.69) is 16.0 Å². The minimum atomic E-state index is -0.493. The number of esters is 1. The number of nitrogens with one attached hydrogen (secondary N) is 3. The molecule has 9 heteroatoms. The largest absolute Gasteiger partial charge is 0.462 e.